The number of carbonyl (C=O) groups excluding carboxylic acids is 2. The molecule has 1 fully saturated rings. The molecule has 0 saturated carbocycles. The van der Waals surface area contributed by atoms with E-state index < -0.39 is 6.29 Å². The maximum atomic E-state index is 12.6. The lowest BCUT2D eigenvalue weighted by atomic mass is 9.99. The van der Waals surface area contributed by atoms with Gasteiger partial charge in [0.2, 0.25) is 17.0 Å². The summed E-state index contributed by atoms with van der Waals surface area (Å²) < 4.78 is 14.8. The van der Waals surface area contributed by atoms with Crippen LogP contribution in [0.5, 0.6) is 5.75 Å². The molecule has 1 aliphatic heterocycles. The maximum Gasteiger partial charge on any atom is 0.224 e. The van der Waals surface area contributed by atoms with Crippen molar-refractivity contribution in [2.45, 2.75) is 68.9 Å². The molecule has 5 aromatic carbocycles. The van der Waals surface area contributed by atoms with Crippen molar-refractivity contribution >= 4 is 35.0 Å². The van der Waals surface area contributed by atoms with Gasteiger partial charge in [-0.15, -0.1) is 5.10 Å². The Balaban J connectivity index is 0.948. The van der Waals surface area contributed by atoms with E-state index in [0.717, 1.165) is 39.1 Å². The Bertz CT molecular complexity index is 2290. The van der Waals surface area contributed by atoms with Crippen LogP contribution in [0, 0.1) is 0 Å². The van der Waals surface area contributed by atoms with Gasteiger partial charge in [-0.1, -0.05) is 90.6 Å². The van der Waals surface area contributed by atoms with Crippen molar-refractivity contribution in [3.05, 3.63) is 144 Å². The fourth-order valence-corrected chi connectivity index (χ4v) is 7.50. The second-order valence-corrected chi connectivity index (χ2v) is 15.0. The zero-order valence-electron chi connectivity index (χ0n) is 31.7. The molecule has 1 saturated heterocycles. The lowest BCUT2D eigenvalue weighted by molar-refractivity contribution is -0.245. The standard InChI is InChI=1S/C44H45N7O6S/c45-38-8-1-2-9-39(38)47-42(55)11-4-3-10-41(54)46-26-30-6-5-7-34(24-30)31-16-18-33(19-17-31)43-56-37(25-40(57-43)32-14-12-29(27-52)13-15-32)28-58-44-48-49-50-51(44)35-20-22-36(53)23-21-35/h1-2,5-9,12-24,37,40,43,52-53H,3-4,10-11,25-28,45H2,(H,46,54)(H,47,55)/t37-,40+,43+/m1/s1. The molecule has 1 aliphatic rings. The minimum absolute atomic E-state index is 0.0357. The third-order valence-corrected chi connectivity index (χ3v) is 10.8. The first kappa shape index (κ1) is 40.1. The predicted molar refractivity (Wildman–Crippen MR) is 222 cm³/mol. The number of benzene rings is 5. The zero-order chi connectivity index (χ0) is 40.3. The summed E-state index contributed by atoms with van der Waals surface area (Å²) in [5, 5.41) is 38.0. The summed E-state index contributed by atoms with van der Waals surface area (Å²) in [4.78, 5) is 24.9. The summed E-state index contributed by atoms with van der Waals surface area (Å²) in [6, 6.07) is 37.7. The van der Waals surface area contributed by atoms with Gasteiger partial charge < -0.3 is 36.1 Å². The van der Waals surface area contributed by atoms with Gasteiger partial charge in [0.25, 0.3) is 0 Å². The highest BCUT2D eigenvalue weighted by Crippen LogP contribution is 2.40. The SMILES string of the molecule is Nc1ccccc1NC(=O)CCCCC(=O)NCc1cccc(-c2ccc([C@H]3O[C@@H](CSc4nnnn4-c4ccc(O)cc4)C[C@@H](c4ccc(CO)cc4)O3)cc2)c1. The summed E-state index contributed by atoms with van der Waals surface area (Å²) in [6.45, 7) is 0.357. The molecule has 14 heteroatoms. The molecule has 1 aromatic heterocycles. The summed E-state index contributed by atoms with van der Waals surface area (Å²) >= 11 is 1.48. The lowest BCUT2D eigenvalue weighted by Gasteiger charge is -2.36. The Hall–Kier alpha value is -6.06. The normalized spacial score (nSPS) is 16.5. The number of unbranched alkanes of at least 4 members (excludes halogenated alkanes) is 1. The molecule has 0 spiro atoms. The van der Waals surface area contributed by atoms with E-state index in [1.54, 1.807) is 41.1 Å². The number of tetrazole rings is 1. The molecule has 2 heterocycles. The summed E-state index contributed by atoms with van der Waals surface area (Å²) in [5.41, 5.74) is 13.4. The summed E-state index contributed by atoms with van der Waals surface area (Å²) in [6.07, 6.45) is 1.34. The van der Waals surface area contributed by atoms with E-state index >= 15 is 0 Å². The number of aromatic hydroxyl groups is 1. The number of ether oxygens (including phenoxy) is 2. The Kier molecular flexibility index (Phi) is 13.4. The molecule has 6 aromatic rings. The van der Waals surface area contributed by atoms with Crippen molar-refractivity contribution in [2.75, 3.05) is 16.8 Å². The van der Waals surface area contributed by atoms with E-state index in [1.165, 1.54) is 11.8 Å². The number of para-hydroxylation sites is 2. The maximum absolute atomic E-state index is 12.6. The highest BCUT2D eigenvalue weighted by Gasteiger charge is 2.33. The number of aliphatic hydroxyl groups is 1. The number of carbonyl (C=O) groups is 2. The van der Waals surface area contributed by atoms with Crippen molar-refractivity contribution in [2.24, 2.45) is 0 Å². The van der Waals surface area contributed by atoms with E-state index in [9.17, 15) is 19.8 Å². The summed E-state index contributed by atoms with van der Waals surface area (Å²) in [7, 11) is 0. The molecular formula is C44H45N7O6S. The molecule has 2 amide bonds. The average Bonchev–Trinajstić information content (AvgIpc) is 3.73. The highest BCUT2D eigenvalue weighted by molar-refractivity contribution is 7.99. The minimum Gasteiger partial charge on any atom is -0.508 e. The van der Waals surface area contributed by atoms with Crippen molar-refractivity contribution in [1.82, 2.24) is 25.5 Å². The van der Waals surface area contributed by atoms with Crippen LogP contribution in [0.3, 0.4) is 0 Å². The predicted octanol–water partition coefficient (Wildman–Crippen LogP) is 7.26. The number of aromatic nitrogens is 4. The third kappa shape index (κ3) is 10.7. The van der Waals surface area contributed by atoms with Gasteiger partial charge in [0.1, 0.15) is 5.75 Å². The van der Waals surface area contributed by atoms with Gasteiger partial charge in [0.15, 0.2) is 6.29 Å². The van der Waals surface area contributed by atoms with E-state index in [-0.39, 0.29) is 36.4 Å². The van der Waals surface area contributed by atoms with Gasteiger partial charge in [-0.3, -0.25) is 9.59 Å². The molecule has 0 bridgehead atoms. The molecule has 0 unspecified atom stereocenters. The Morgan fingerprint density at radius 2 is 1.55 bits per heavy atom. The van der Waals surface area contributed by atoms with Crippen molar-refractivity contribution in [3.8, 4) is 22.6 Å². The van der Waals surface area contributed by atoms with E-state index in [2.05, 4.69) is 32.2 Å². The molecule has 0 aliphatic carbocycles. The first-order valence-corrected chi connectivity index (χ1v) is 20.1. The minimum atomic E-state index is -0.636. The third-order valence-electron chi connectivity index (χ3n) is 9.77. The number of amides is 2. The number of rotatable bonds is 16. The van der Waals surface area contributed by atoms with E-state index in [1.807, 2.05) is 78.9 Å². The Labute approximate surface area is 340 Å². The topological polar surface area (TPSA) is 187 Å². The number of phenols is 1. The lowest BCUT2D eigenvalue weighted by Crippen LogP contribution is -2.31. The number of nitrogens with one attached hydrogen (secondary N) is 2. The van der Waals surface area contributed by atoms with E-state index in [4.69, 9.17) is 15.2 Å². The van der Waals surface area contributed by atoms with Crippen LogP contribution in [0.15, 0.2) is 126 Å². The van der Waals surface area contributed by atoms with Crippen molar-refractivity contribution in [1.29, 1.82) is 0 Å². The van der Waals surface area contributed by atoms with Gasteiger partial charge in [0, 0.05) is 37.1 Å². The fourth-order valence-electron chi connectivity index (χ4n) is 6.59. The second kappa shape index (κ2) is 19.4. The van der Waals surface area contributed by atoms with Gasteiger partial charge in [-0.2, -0.15) is 4.68 Å². The van der Waals surface area contributed by atoms with Crippen LogP contribution in [-0.2, 0) is 32.2 Å². The first-order valence-electron chi connectivity index (χ1n) is 19.1. The van der Waals surface area contributed by atoms with E-state index in [0.29, 0.717) is 60.9 Å². The number of hydrogen-bond acceptors (Lipinski definition) is 11. The van der Waals surface area contributed by atoms with Crippen molar-refractivity contribution in [3.63, 3.8) is 0 Å². The molecule has 7 rings (SSSR count). The molecule has 0 radical (unpaired) electrons. The van der Waals surface area contributed by atoms with Crippen LogP contribution in [0.1, 0.15) is 66.8 Å². The number of nitrogens with two attached hydrogens (primary N) is 1. The van der Waals surface area contributed by atoms with Crippen LogP contribution in [-0.4, -0.2) is 54.1 Å². The molecule has 13 nitrogen and oxygen atoms in total. The number of nitrogens with zero attached hydrogens (tertiary/aromatic N) is 4. The molecule has 6 N–H and O–H groups in total. The number of thioether (sulfide) groups is 1. The Morgan fingerprint density at radius 3 is 2.31 bits per heavy atom. The largest absolute Gasteiger partial charge is 0.508 e. The zero-order valence-corrected chi connectivity index (χ0v) is 32.6. The second-order valence-electron chi connectivity index (χ2n) is 14.0. The number of anilines is 2. The van der Waals surface area contributed by atoms with Gasteiger partial charge >= 0.3 is 0 Å². The monoisotopic (exact) mass is 799 g/mol. The van der Waals surface area contributed by atoms with Crippen LogP contribution < -0.4 is 16.4 Å². The highest BCUT2D eigenvalue weighted by atomic mass is 32.2. The quantitative estimate of drug-likeness (QED) is 0.0377. The summed E-state index contributed by atoms with van der Waals surface area (Å²) in [5.74, 6) is 0.532. The number of nitrogen functional groups attached to an aromatic ring is 1. The molecule has 58 heavy (non-hydrogen) atoms. The van der Waals surface area contributed by atoms with Crippen LogP contribution in [0.2, 0.25) is 0 Å². The van der Waals surface area contributed by atoms with Gasteiger partial charge in [-0.05, 0) is 93.6 Å². The molecule has 3 atom stereocenters. The van der Waals surface area contributed by atoms with Crippen LogP contribution in [0.4, 0.5) is 11.4 Å². The average molecular weight is 800 g/mol. The van der Waals surface area contributed by atoms with Crippen LogP contribution >= 0.6 is 11.8 Å². The van der Waals surface area contributed by atoms with Crippen LogP contribution in [0.25, 0.3) is 16.8 Å². The Morgan fingerprint density at radius 1 is 0.810 bits per heavy atom. The smallest absolute Gasteiger partial charge is 0.224 e. The van der Waals surface area contributed by atoms with Crippen molar-refractivity contribution < 1.29 is 29.3 Å². The number of aliphatic hydroxyl groups excluding tert-OH is 1. The van der Waals surface area contributed by atoms with Gasteiger partial charge in [0.05, 0.1) is 35.9 Å². The number of hydrogen-bond donors (Lipinski definition) is 5. The molecular weight excluding hydrogens is 755 g/mol. The first-order chi connectivity index (χ1) is 28.3. The molecule has 298 valence electrons. The fraction of sp³-hybridized carbons (Fsp3) is 0.250. The van der Waals surface area contributed by atoms with Gasteiger partial charge in [-0.25, -0.2) is 0 Å². The number of phenolic OH excluding ortho intramolecular Hbond substituents is 1.